The molecular formula is C21H21N5O5. The highest BCUT2D eigenvalue weighted by Crippen LogP contribution is 2.29. The number of hydrogen-bond acceptors (Lipinski definition) is 6. The van der Waals surface area contributed by atoms with E-state index in [0.717, 1.165) is 0 Å². The van der Waals surface area contributed by atoms with E-state index in [1.807, 2.05) is 0 Å². The van der Waals surface area contributed by atoms with Crippen LogP contribution in [0.15, 0.2) is 48.8 Å². The van der Waals surface area contributed by atoms with Crippen molar-refractivity contribution in [1.82, 2.24) is 9.97 Å². The Labute approximate surface area is 178 Å². The molecule has 0 atom stereocenters. The molecule has 4 N–H and O–H groups in total. The van der Waals surface area contributed by atoms with Crippen LogP contribution in [0.4, 0.5) is 11.4 Å². The highest BCUT2D eigenvalue weighted by molar-refractivity contribution is 6.11. The summed E-state index contributed by atoms with van der Waals surface area (Å²) < 4.78 is 10.5. The SMILES string of the molecule is COc1cccc(OC)c1C(=O)Nc1ccc(N(C)C(=O)c2nc[nH]c2C(N)=O)cc1. The second-order valence-electron chi connectivity index (χ2n) is 6.39. The van der Waals surface area contributed by atoms with E-state index >= 15 is 0 Å². The predicted octanol–water partition coefficient (Wildman–Crippen LogP) is 2.05. The summed E-state index contributed by atoms with van der Waals surface area (Å²) in [6.07, 6.45) is 1.23. The lowest BCUT2D eigenvalue weighted by Gasteiger charge is -2.17. The van der Waals surface area contributed by atoms with Gasteiger partial charge in [-0.05, 0) is 36.4 Å². The summed E-state index contributed by atoms with van der Waals surface area (Å²) in [5.41, 5.74) is 6.40. The van der Waals surface area contributed by atoms with Crippen LogP contribution in [0.1, 0.15) is 31.3 Å². The normalized spacial score (nSPS) is 10.3. The van der Waals surface area contributed by atoms with E-state index in [1.165, 1.54) is 32.5 Å². The number of aromatic nitrogens is 2. The molecule has 1 heterocycles. The Kier molecular flexibility index (Phi) is 6.20. The van der Waals surface area contributed by atoms with Gasteiger partial charge in [0.1, 0.15) is 22.8 Å². The average Bonchev–Trinajstić information content (AvgIpc) is 3.28. The maximum atomic E-state index is 12.8. The van der Waals surface area contributed by atoms with Gasteiger partial charge in [0.15, 0.2) is 5.69 Å². The zero-order valence-electron chi connectivity index (χ0n) is 17.1. The third-order valence-corrected chi connectivity index (χ3v) is 4.56. The Morgan fingerprint density at radius 2 is 1.65 bits per heavy atom. The summed E-state index contributed by atoms with van der Waals surface area (Å²) in [5, 5.41) is 2.77. The van der Waals surface area contributed by atoms with Gasteiger partial charge in [-0.1, -0.05) is 6.07 Å². The lowest BCUT2D eigenvalue weighted by Crippen LogP contribution is -2.29. The van der Waals surface area contributed by atoms with Crippen LogP contribution >= 0.6 is 0 Å². The molecule has 3 rings (SSSR count). The molecule has 0 saturated heterocycles. The number of primary amides is 1. The molecule has 0 aliphatic heterocycles. The smallest absolute Gasteiger partial charge is 0.279 e. The first-order valence-corrected chi connectivity index (χ1v) is 9.11. The first kappa shape index (κ1) is 21.4. The van der Waals surface area contributed by atoms with Crippen molar-refractivity contribution in [2.45, 2.75) is 0 Å². The van der Waals surface area contributed by atoms with E-state index in [-0.39, 0.29) is 17.0 Å². The molecule has 0 fully saturated rings. The number of anilines is 2. The number of amides is 3. The first-order valence-electron chi connectivity index (χ1n) is 9.11. The largest absolute Gasteiger partial charge is 0.496 e. The summed E-state index contributed by atoms with van der Waals surface area (Å²) >= 11 is 0. The number of nitrogens with zero attached hydrogens (tertiary/aromatic N) is 2. The molecule has 3 aromatic rings. The maximum Gasteiger partial charge on any atom is 0.279 e. The monoisotopic (exact) mass is 423 g/mol. The summed E-state index contributed by atoms with van der Waals surface area (Å²) in [6.45, 7) is 0. The van der Waals surface area contributed by atoms with Gasteiger partial charge in [0.25, 0.3) is 17.7 Å². The number of nitrogens with one attached hydrogen (secondary N) is 2. The van der Waals surface area contributed by atoms with Crippen LogP contribution in [0.5, 0.6) is 11.5 Å². The number of benzene rings is 2. The minimum absolute atomic E-state index is 0.0634. The third kappa shape index (κ3) is 4.32. The molecule has 31 heavy (non-hydrogen) atoms. The maximum absolute atomic E-state index is 12.8. The van der Waals surface area contributed by atoms with Crippen molar-refractivity contribution in [3.63, 3.8) is 0 Å². The second kappa shape index (κ2) is 8.99. The van der Waals surface area contributed by atoms with E-state index in [9.17, 15) is 14.4 Å². The number of aromatic amines is 1. The highest BCUT2D eigenvalue weighted by atomic mass is 16.5. The minimum Gasteiger partial charge on any atom is -0.496 e. The topological polar surface area (TPSA) is 140 Å². The van der Waals surface area contributed by atoms with Crippen LogP contribution in [-0.2, 0) is 0 Å². The molecule has 160 valence electrons. The molecule has 10 heteroatoms. The summed E-state index contributed by atoms with van der Waals surface area (Å²) in [6, 6.07) is 11.6. The minimum atomic E-state index is -0.779. The summed E-state index contributed by atoms with van der Waals surface area (Å²) in [7, 11) is 4.47. The lowest BCUT2D eigenvalue weighted by molar-refractivity contribution is 0.0958. The summed E-state index contributed by atoms with van der Waals surface area (Å²) in [5.74, 6) is -0.940. The quantitative estimate of drug-likeness (QED) is 0.531. The van der Waals surface area contributed by atoms with E-state index < -0.39 is 17.7 Å². The van der Waals surface area contributed by atoms with Gasteiger partial charge in [-0.15, -0.1) is 0 Å². The molecule has 0 radical (unpaired) electrons. The number of carbonyl (C=O) groups is 3. The van der Waals surface area contributed by atoms with Crippen molar-refractivity contribution in [1.29, 1.82) is 0 Å². The number of nitrogens with two attached hydrogens (primary N) is 1. The van der Waals surface area contributed by atoms with Crippen molar-refractivity contribution >= 4 is 29.1 Å². The van der Waals surface area contributed by atoms with Gasteiger partial charge < -0.3 is 30.4 Å². The number of imidazole rings is 1. The molecule has 0 spiro atoms. The van der Waals surface area contributed by atoms with Gasteiger partial charge in [-0.25, -0.2) is 4.98 Å². The molecule has 0 aliphatic carbocycles. The molecule has 10 nitrogen and oxygen atoms in total. The van der Waals surface area contributed by atoms with Crippen LogP contribution in [0.2, 0.25) is 0 Å². The molecule has 0 bridgehead atoms. The van der Waals surface area contributed by atoms with Crippen LogP contribution in [0.25, 0.3) is 0 Å². The molecule has 2 aromatic carbocycles. The Bertz CT molecular complexity index is 1100. The van der Waals surface area contributed by atoms with Crippen molar-refractivity contribution in [3.8, 4) is 11.5 Å². The Hall–Kier alpha value is -4.34. The highest BCUT2D eigenvalue weighted by Gasteiger charge is 2.23. The van der Waals surface area contributed by atoms with Gasteiger partial charge >= 0.3 is 0 Å². The molecule has 0 saturated carbocycles. The van der Waals surface area contributed by atoms with Crippen molar-refractivity contribution in [2.24, 2.45) is 5.73 Å². The molecular weight excluding hydrogens is 402 g/mol. The Morgan fingerprint density at radius 3 is 2.19 bits per heavy atom. The van der Waals surface area contributed by atoms with Gasteiger partial charge in [0, 0.05) is 18.4 Å². The van der Waals surface area contributed by atoms with Crippen molar-refractivity contribution in [3.05, 3.63) is 65.7 Å². The van der Waals surface area contributed by atoms with E-state index in [4.69, 9.17) is 15.2 Å². The molecule has 0 aliphatic rings. The number of H-pyrrole nitrogens is 1. The Morgan fingerprint density at radius 1 is 1.03 bits per heavy atom. The van der Waals surface area contributed by atoms with Gasteiger partial charge in [0.05, 0.1) is 20.5 Å². The zero-order valence-corrected chi connectivity index (χ0v) is 17.1. The standard InChI is InChI=1S/C21H21N5O5/c1-26(21(29)18-17(19(22)27)23-11-24-18)13-9-7-12(8-10-13)25-20(28)16-14(30-2)5-4-6-15(16)31-3/h4-11H,1-3H3,(H2,22,27)(H,23,24)(H,25,28). The number of rotatable bonds is 7. The average molecular weight is 423 g/mol. The molecule has 0 unspecified atom stereocenters. The zero-order chi connectivity index (χ0) is 22.5. The number of carbonyl (C=O) groups excluding carboxylic acids is 3. The van der Waals surface area contributed by atoms with Crippen LogP contribution in [0, 0.1) is 0 Å². The van der Waals surface area contributed by atoms with Crippen LogP contribution in [0.3, 0.4) is 0 Å². The third-order valence-electron chi connectivity index (χ3n) is 4.56. The second-order valence-corrected chi connectivity index (χ2v) is 6.39. The fourth-order valence-corrected chi connectivity index (χ4v) is 2.96. The van der Waals surface area contributed by atoms with Crippen LogP contribution in [-0.4, -0.2) is 49.0 Å². The molecule has 1 aromatic heterocycles. The van der Waals surface area contributed by atoms with Crippen molar-refractivity contribution < 1.29 is 23.9 Å². The van der Waals surface area contributed by atoms with Gasteiger partial charge in [0.2, 0.25) is 0 Å². The fourth-order valence-electron chi connectivity index (χ4n) is 2.96. The van der Waals surface area contributed by atoms with Crippen LogP contribution < -0.4 is 25.4 Å². The number of methoxy groups -OCH3 is 2. The van der Waals surface area contributed by atoms with Crippen molar-refractivity contribution in [2.75, 3.05) is 31.5 Å². The summed E-state index contributed by atoms with van der Waals surface area (Å²) in [4.78, 5) is 44.6. The van der Waals surface area contributed by atoms with E-state index in [1.54, 1.807) is 42.5 Å². The molecule has 3 amide bonds. The Balaban J connectivity index is 1.78. The fraction of sp³-hybridized carbons (Fsp3) is 0.143. The lowest BCUT2D eigenvalue weighted by atomic mass is 10.1. The predicted molar refractivity (Wildman–Crippen MR) is 114 cm³/mol. The van der Waals surface area contributed by atoms with Gasteiger partial charge in [-0.3, -0.25) is 14.4 Å². The van der Waals surface area contributed by atoms with E-state index in [0.29, 0.717) is 22.9 Å². The number of ether oxygens (including phenoxy) is 2. The van der Waals surface area contributed by atoms with E-state index in [2.05, 4.69) is 15.3 Å². The number of hydrogen-bond donors (Lipinski definition) is 3. The van der Waals surface area contributed by atoms with Gasteiger partial charge in [-0.2, -0.15) is 0 Å². The first-order chi connectivity index (χ1) is 14.9.